The predicted molar refractivity (Wildman–Crippen MR) is 107 cm³/mol. The van der Waals surface area contributed by atoms with E-state index in [2.05, 4.69) is 10.6 Å². The highest BCUT2D eigenvalue weighted by molar-refractivity contribution is 6.30. The molecule has 2 aromatic carbocycles. The van der Waals surface area contributed by atoms with Crippen LogP contribution in [0.2, 0.25) is 5.02 Å². The first-order chi connectivity index (χ1) is 13.1. The van der Waals surface area contributed by atoms with Crippen LogP contribution in [0.25, 0.3) is 0 Å². The van der Waals surface area contributed by atoms with Crippen LogP contribution in [0.1, 0.15) is 12.8 Å². The molecule has 0 spiro atoms. The molecular weight excluding hydrogens is 364 g/mol. The number of amides is 2. The highest BCUT2D eigenvalue weighted by Crippen LogP contribution is 2.29. The van der Waals surface area contributed by atoms with Crippen molar-refractivity contribution in [2.24, 2.45) is 11.8 Å². The van der Waals surface area contributed by atoms with Crippen LogP contribution in [0, 0.1) is 11.8 Å². The molecule has 0 aliphatic heterocycles. The molecule has 0 saturated heterocycles. The summed E-state index contributed by atoms with van der Waals surface area (Å²) in [5, 5.41) is 6.37. The van der Waals surface area contributed by atoms with Gasteiger partial charge in [0.15, 0.2) is 0 Å². The van der Waals surface area contributed by atoms with E-state index in [-0.39, 0.29) is 11.8 Å². The van der Waals surface area contributed by atoms with Crippen LogP contribution < -0.4 is 15.4 Å². The summed E-state index contributed by atoms with van der Waals surface area (Å²) >= 11 is 5.88. The number of carbonyl (C=O) groups excluding carboxylic acids is 2. The van der Waals surface area contributed by atoms with Gasteiger partial charge in [-0.3, -0.25) is 9.59 Å². The summed E-state index contributed by atoms with van der Waals surface area (Å²) < 4.78 is 5.18. The van der Waals surface area contributed by atoms with Gasteiger partial charge >= 0.3 is 0 Å². The Morgan fingerprint density at radius 2 is 1.52 bits per heavy atom. The Morgan fingerprint density at radius 1 is 0.926 bits per heavy atom. The first-order valence-corrected chi connectivity index (χ1v) is 9.11. The molecule has 0 radical (unpaired) electrons. The van der Waals surface area contributed by atoms with E-state index in [0.717, 1.165) is 0 Å². The highest BCUT2D eigenvalue weighted by atomic mass is 35.5. The van der Waals surface area contributed by atoms with E-state index in [9.17, 15) is 9.59 Å². The third-order valence-electron chi connectivity index (χ3n) is 4.55. The fourth-order valence-electron chi connectivity index (χ4n) is 3.10. The Kier molecular flexibility index (Phi) is 6.14. The van der Waals surface area contributed by atoms with E-state index >= 15 is 0 Å². The van der Waals surface area contributed by atoms with Crippen LogP contribution in [-0.2, 0) is 9.59 Å². The number of ether oxygens (including phenoxy) is 1. The Hall–Kier alpha value is -2.79. The van der Waals surface area contributed by atoms with E-state index in [1.165, 1.54) is 0 Å². The summed E-state index contributed by atoms with van der Waals surface area (Å²) in [5.41, 5.74) is 1.30. The van der Waals surface area contributed by atoms with Crippen LogP contribution in [0.15, 0.2) is 60.7 Å². The van der Waals surface area contributed by atoms with E-state index in [4.69, 9.17) is 16.3 Å². The van der Waals surface area contributed by atoms with Crippen LogP contribution in [-0.4, -0.2) is 18.9 Å². The summed E-state index contributed by atoms with van der Waals surface area (Å²) in [7, 11) is 1.57. The lowest BCUT2D eigenvalue weighted by Crippen LogP contribution is -2.37. The molecule has 1 aliphatic carbocycles. The standard InChI is InChI=1S/C21H21ClN2O3/c1-27-17-6-4-5-16(13-17)24-21(26)19-8-3-2-7-18(19)20(25)23-15-11-9-14(22)10-12-15/h2-6,9-13,18-19H,7-8H2,1H3,(H,23,25)(H,24,26)/t18-,19-/m1/s1. The summed E-state index contributed by atoms with van der Waals surface area (Å²) in [6.45, 7) is 0. The number of anilines is 2. The molecule has 2 N–H and O–H groups in total. The molecule has 1 aliphatic rings. The lowest BCUT2D eigenvalue weighted by Gasteiger charge is -2.26. The van der Waals surface area contributed by atoms with E-state index < -0.39 is 11.8 Å². The molecule has 2 amide bonds. The second-order valence-electron chi connectivity index (χ2n) is 6.37. The number of hydrogen-bond acceptors (Lipinski definition) is 3. The van der Waals surface area contributed by atoms with E-state index in [0.29, 0.717) is 35.0 Å². The minimum absolute atomic E-state index is 0.174. The van der Waals surface area contributed by atoms with Crippen molar-refractivity contribution in [3.8, 4) is 5.75 Å². The third-order valence-corrected chi connectivity index (χ3v) is 4.81. The summed E-state index contributed by atoms with van der Waals surface area (Å²) in [6.07, 6.45) is 4.94. The van der Waals surface area contributed by atoms with Crippen LogP contribution in [0.3, 0.4) is 0 Å². The Labute approximate surface area is 163 Å². The van der Waals surface area contributed by atoms with Gasteiger partial charge in [-0.15, -0.1) is 0 Å². The van der Waals surface area contributed by atoms with Crippen molar-refractivity contribution in [1.82, 2.24) is 0 Å². The van der Waals surface area contributed by atoms with Gasteiger partial charge in [-0.25, -0.2) is 0 Å². The van der Waals surface area contributed by atoms with Crippen molar-refractivity contribution in [2.45, 2.75) is 12.8 Å². The van der Waals surface area contributed by atoms with E-state index in [1.807, 2.05) is 12.2 Å². The van der Waals surface area contributed by atoms with Crippen molar-refractivity contribution >= 4 is 34.8 Å². The predicted octanol–water partition coefficient (Wildman–Crippen LogP) is 4.51. The third kappa shape index (κ3) is 4.89. The van der Waals surface area contributed by atoms with Gasteiger partial charge in [0.1, 0.15) is 5.75 Å². The molecule has 6 heteroatoms. The second kappa shape index (κ2) is 8.73. The zero-order valence-corrected chi connectivity index (χ0v) is 15.7. The van der Waals surface area contributed by atoms with Crippen molar-refractivity contribution in [2.75, 3.05) is 17.7 Å². The van der Waals surface area contributed by atoms with Crippen molar-refractivity contribution in [3.05, 3.63) is 65.7 Å². The highest BCUT2D eigenvalue weighted by Gasteiger charge is 2.34. The van der Waals surface area contributed by atoms with Gasteiger partial charge in [-0.1, -0.05) is 29.8 Å². The van der Waals surface area contributed by atoms with E-state index in [1.54, 1.807) is 55.6 Å². The number of allylic oxidation sites excluding steroid dienone is 2. The zero-order chi connectivity index (χ0) is 19.2. The number of methoxy groups -OCH3 is 1. The van der Waals surface area contributed by atoms with Gasteiger partial charge in [-0.05, 0) is 49.2 Å². The molecule has 0 bridgehead atoms. The van der Waals surface area contributed by atoms with Crippen molar-refractivity contribution < 1.29 is 14.3 Å². The number of hydrogen-bond donors (Lipinski definition) is 2. The summed E-state index contributed by atoms with van der Waals surface area (Å²) in [4.78, 5) is 25.5. The lowest BCUT2D eigenvalue weighted by atomic mass is 9.81. The maximum absolute atomic E-state index is 12.8. The van der Waals surface area contributed by atoms with Gasteiger partial charge < -0.3 is 15.4 Å². The first-order valence-electron chi connectivity index (χ1n) is 8.73. The fourth-order valence-corrected chi connectivity index (χ4v) is 3.22. The first kappa shape index (κ1) is 19.0. The maximum atomic E-state index is 12.8. The minimum atomic E-state index is -0.437. The smallest absolute Gasteiger partial charge is 0.228 e. The van der Waals surface area contributed by atoms with Gasteiger partial charge in [0.05, 0.1) is 18.9 Å². The van der Waals surface area contributed by atoms with Gasteiger partial charge in [0, 0.05) is 22.5 Å². The average Bonchev–Trinajstić information content (AvgIpc) is 2.69. The molecular formula is C21H21ClN2O3. The summed E-state index contributed by atoms with van der Waals surface area (Å²) in [6, 6.07) is 14.1. The van der Waals surface area contributed by atoms with Crippen molar-refractivity contribution in [1.29, 1.82) is 0 Å². The van der Waals surface area contributed by atoms with Crippen LogP contribution in [0.5, 0.6) is 5.75 Å². The zero-order valence-electron chi connectivity index (χ0n) is 14.9. The van der Waals surface area contributed by atoms with Crippen LogP contribution in [0.4, 0.5) is 11.4 Å². The number of halogens is 1. The molecule has 5 nitrogen and oxygen atoms in total. The monoisotopic (exact) mass is 384 g/mol. The molecule has 140 valence electrons. The molecule has 0 aromatic heterocycles. The molecule has 2 atom stereocenters. The maximum Gasteiger partial charge on any atom is 0.228 e. The molecule has 3 rings (SSSR count). The van der Waals surface area contributed by atoms with Crippen LogP contribution >= 0.6 is 11.6 Å². The molecule has 0 fully saturated rings. The largest absolute Gasteiger partial charge is 0.497 e. The Bertz CT molecular complexity index is 849. The number of rotatable bonds is 5. The molecule has 27 heavy (non-hydrogen) atoms. The van der Waals surface area contributed by atoms with Gasteiger partial charge in [0.2, 0.25) is 11.8 Å². The molecule has 0 saturated carbocycles. The summed E-state index contributed by atoms with van der Waals surface area (Å²) in [5.74, 6) is -0.561. The fraction of sp³-hybridized carbons (Fsp3) is 0.238. The Morgan fingerprint density at radius 3 is 2.11 bits per heavy atom. The number of benzene rings is 2. The topological polar surface area (TPSA) is 67.4 Å². The number of carbonyl (C=O) groups is 2. The molecule has 0 unspecified atom stereocenters. The van der Waals surface area contributed by atoms with Gasteiger partial charge in [-0.2, -0.15) is 0 Å². The average molecular weight is 385 g/mol. The molecule has 0 heterocycles. The Balaban J connectivity index is 1.70. The number of nitrogens with one attached hydrogen (secondary N) is 2. The molecule has 2 aromatic rings. The SMILES string of the molecule is COc1cccc(NC(=O)[C@@H]2CC=CC[C@H]2C(=O)Nc2ccc(Cl)cc2)c1. The lowest BCUT2D eigenvalue weighted by molar-refractivity contribution is -0.129. The normalized spacial score (nSPS) is 18.6. The van der Waals surface area contributed by atoms with Gasteiger partial charge in [0.25, 0.3) is 0 Å². The van der Waals surface area contributed by atoms with Crippen molar-refractivity contribution in [3.63, 3.8) is 0 Å². The second-order valence-corrected chi connectivity index (χ2v) is 6.81. The minimum Gasteiger partial charge on any atom is -0.497 e. The quantitative estimate of drug-likeness (QED) is 0.745.